The first-order valence-electron chi connectivity index (χ1n) is 10.3. The largest absolute Gasteiger partial charge is 0.490 e. The van der Waals surface area contributed by atoms with Gasteiger partial charge < -0.3 is 15.4 Å². The zero-order valence-corrected chi connectivity index (χ0v) is 19.5. The molecule has 8 heteroatoms. The highest BCUT2D eigenvalue weighted by Crippen LogP contribution is 2.39. The van der Waals surface area contributed by atoms with Gasteiger partial charge in [-0.1, -0.05) is 36.5 Å². The maximum Gasteiger partial charge on any atom is 0.256 e. The van der Waals surface area contributed by atoms with Crippen LogP contribution in [0.5, 0.6) is 5.75 Å². The molecule has 0 radical (unpaired) electrons. The molecule has 1 aromatic heterocycles. The Kier molecular flexibility index (Phi) is 8.03. The zero-order valence-electron chi connectivity index (χ0n) is 17.2. The number of hydrogen-bond acceptors (Lipinski definition) is 4. The van der Waals surface area contributed by atoms with Gasteiger partial charge in [-0.2, -0.15) is 0 Å². The van der Waals surface area contributed by atoms with Crippen LogP contribution in [0.2, 0.25) is 10.0 Å². The molecule has 5 nitrogen and oxygen atoms in total. The third-order valence-corrected chi connectivity index (χ3v) is 6.74. The summed E-state index contributed by atoms with van der Waals surface area (Å²) in [6.45, 7) is 4.99. The van der Waals surface area contributed by atoms with Crippen molar-refractivity contribution < 1.29 is 14.3 Å². The average molecular weight is 469 g/mol. The highest BCUT2D eigenvalue weighted by atomic mass is 35.5. The van der Waals surface area contributed by atoms with Crippen LogP contribution >= 0.6 is 34.5 Å². The van der Waals surface area contributed by atoms with Crippen LogP contribution in [0.1, 0.15) is 70.7 Å². The van der Waals surface area contributed by atoms with Crippen LogP contribution in [-0.4, -0.2) is 25.0 Å². The van der Waals surface area contributed by atoms with E-state index in [0.717, 1.165) is 44.1 Å². The lowest BCUT2D eigenvalue weighted by Crippen LogP contribution is -2.25. The summed E-state index contributed by atoms with van der Waals surface area (Å²) >= 11 is 14.1. The highest BCUT2D eigenvalue weighted by Gasteiger charge is 2.26. The van der Waals surface area contributed by atoms with Gasteiger partial charge in [0.1, 0.15) is 5.00 Å². The Hall–Kier alpha value is -1.76. The van der Waals surface area contributed by atoms with E-state index >= 15 is 0 Å². The van der Waals surface area contributed by atoms with Crippen molar-refractivity contribution in [1.82, 2.24) is 5.32 Å². The Morgan fingerprint density at radius 3 is 2.47 bits per heavy atom. The van der Waals surface area contributed by atoms with Crippen molar-refractivity contribution in [3.8, 4) is 5.75 Å². The summed E-state index contributed by atoms with van der Waals surface area (Å²) in [6.07, 6.45) is 5.82. The lowest BCUT2D eigenvalue weighted by atomic mass is 9.95. The number of nitrogens with one attached hydrogen (secondary N) is 2. The number of unbranched alkanes of at least 4 members (excludes halogenated alkanes) is 1. The van der Waals surface area contributed by atoms with Gasteiger partial charge in [-0.05, 0) is 56.7 Å². The third kappa shape index (κ3) is 5.10. The lowest BCUT2D eigenvalue weighted by molar-refractivity contribution is 0.0956. The van der Waals surface area contributed by atoms with Crippen LogP contribution in [0.25, 0.3) is 0 Å². The third-order valence-electron chi connectivity index (χ3n) is 4.97. The predicted molar refractivity (Wildman–Crippen MR) is 124 cm³/mol. The van der Waals surface area contributed by atoms with Crippen LogP contribution in [0, 0.1) is 0 Å². The molecule has 0 fully saturated rings. The van der Waals surface area contributed by atoms with Crippen LogP contribution in [0.4, 0.5) is 5.00 Å². The zero-order chi connectivity index (χ0) is 21.7. The number of benzene rings is 1. The first kappa shape index (κ1) is 22.9. The first-order valence-corrected chi connectivity index (χ1v) is 11.9. The van der Waals surface area contributed by atoms with Crippen LogP contribution < -0.4 is 15.4 Å². The molecule has 1 heterocycles. The fourth-order valence-corrected chi connectivity index (χ4v) is 5.34. The molecular weight excluding hydrogens is 443 g/mol. The second-order valence-corrected chi connectivity index (χ2v) is 9.12. The molecule has 1 aliphatic carbocycles. The van der Waals surface area contributed by atoms with Gasteiger partial charge >= 0.3 is 0 Å². The Morgan fingerprint density at radius 2 is 1.80 bits per heavy atom. The molecule has 1 aromatic carbocycles. The first-order chi connectivity index (χ1) is 14.5. The second kappa shape index (κ2) is 10.5. The van der Waals surface area contributed by atoms with E-state index in [1.807, 2.05) is 6.92 Å². The predicted octanol–water partition coefficient (Wildman–Crippen LogP) is 6.11. The van der Waals surface area contributed by atoms with Crippen molar-refractivity contribution in [1.29, 1.82) is 0 Å². The summed E-state index contributed by atoms with van der Waals surface area (Å²) in [5.74, 6) is -0.121. The topological polar surface area (TPSA) is 67.4 Å². The molecule has 0 aliphatic heterocycles. The van der Waals surface area contributed by atoms with Crippen LogP contribution in [-0.2, 0) is 12.8 Å². The monoisotopic (exact) mass is 468 g/mol. The summed E-state index contributed by atoms with van der Waals surface area (Å²) in [5.41, 5.74) is 1.96. The Morgan fingerprint density at radius 1 is 1.10 bits per heavy atom. The Balaban J connectivity index is 1.85. The molecule has 1 aliphatic rings. The molecule has 0 saturated heterocycles. The van der Waals surface area contributed by atoms with Gasteiger partial charge in [-0.3, -0.25) is 9.59 Å². The smallest absolute Gasteiger partial charge is 0.256 e. The minimum Gasteiger partial charge on any atom is -0.490 e. The van der Waals surface area contributed by atoms with Crippen molar-refractivity contribution in [2.24, 2.45) is 0 Å². The fourth-order valence-electron chi connectivity index (χ4n) is 3.47. The van der Waals surface area contributed by atoms with Gasteiger partial charge in [0.15, 0.2) is 5.75 Å². The summed E-state index contributed by atoms with van der Waals surface area (Å²) in [6, 6.07) is 3.09. The minimum atomic E-state index is -0.358. The van der Waals surface area contributed by atoms with Crippen molar-refractivity contribution in [3.63, 3.8) is 0 Å². The molecule has 0 unspecified atom stereocenters. The molecule has 0 spiro atoms. The fraction of sp³-hybridized carbons (Fsp3) is 0.455. The number of hydrogen-bond donors (Lipinski definition) is 2. The number of ether oxygens (including phenoxy) is 1. The molecular formula is C22H26Cl2N2O3S. The number of anilines is 1. The number of amides is 2. The molecule has 0 atom stereocenters. The van der Waals surface area contributed by atoms with Crippen molar-refractivity contribution in [2.45, 2.75) is 52.4 Å². The summed E-state index contributed by atoms with van der Waals surface area (Å²) in [4.78, 5) is 26.8. The Bertz CT molecular complexity index is 920. The van der Waals surface area contributed by atoms with E-state index < -0.39 is 0 Å². The maximum atomic E-state index is 12.9. The highest BCUT2D eigenvalue weighted by molar-refractivity contribution is 7.17. The standard InChI is InChI=1S/C22H26Cl2N2O3S/c1-3-5-10-29-19-15(23)11-13(12-16(19)24)20(27)26-22-18(21(28)25-4-2)14-8-6-7-9-17(14)30-22/h11-12H,3-10H2,1-2H3,(H,25,28)(H,26,27). The second-order valence-electron chi connectivity index (χ2n) is 7.20. The molecule has 2 N–H and O–H groups in total. The maximum absolute atomic E-state index is 12.9. The van der Waals surface area contributed by atoms with Gasteiger partial charge in [0.25, 0.3) is 11.8 Å². The summed E-state index contributed by atoms with van der Waals surface area (Å²) in [7, 11) is 0. The molecule has 30 heavy (non-hydrogen) atoms. The van der Waals surface area contributed by atoms with Crippen molar-refractivity contribution >= 4 is 51.4 Å². The molecule has 0 bridgehead atoms. The summed E-state index contributed by atoms with van der Waals surface area (Å²) in [5, 5.41) is 6.93. The molecule has 2 aromatic rings. The van der Waals surface area contributed by atoms with E-state index in [2.05, 4.69) is 17.6 Å². The lowest BCUT2D eigenvalue weighted by Gasteiger charge is -2.13. The molecule has 2 amide bonds. The van der Waals surface area contributed by atoms with Gasteiger partial charge in [-0.15, -0.1) is 11.3 Å². The number of carbonyl (C=O) groups excluding carboxylic acids is 2. The van der Waals surface area contributed by atoms with Crippen LogP contribution in [0.3, 0.4) is 0 Å². The summed E-state index contributed by atoms with van der Waals surface area (Å²) < 4.78 is 5.65. The number of halogens is 2. The number of aryl methyl sites for hydroxylation is 1. The average Bonchev–Trinajstić information content (AvgIpc) is 3.08. The van der Waals surface area contributed by atoms with Gasteiger partial charge in [0.05, 0.1) is 22.2 Å². The molecule has 3 rings (SSSR count). The van der Waals surface area contributed by atoms with E-state index in [1.165, 1.54) is 16.2 Å². The number of rotatable bonds is 8. The van der Waals surface area contributed by atoms with Gasteiger partial charge in [0, 0.05) is 17.0 Å². The van der Waals surface area contributed by atoms with Gasteiger partial charge in [-0.25, -0.2) is 0 Å². The SMILES string of the molecule is CCCCOc1c(Cl)cc(C(=O)Nc2sc3c(c2C(=O)NCC)CCCC3)cc1Cl. The van der Waals surface area contributed by atoms with E-state index in [9.17, 15) is 9.59 Å². The quantitative estimate of drug-likeness (QED) is 0.458. The van der Waals surface area contributed by atoms with E-state index in [0.29, 0.717) is 35.0 Å². The van der Waals surface area contributed by atoms with Crippen molar-refractivity contribution in [2.75, 3.05) is 18.5 Å². The number of thiophene rings is 1. The normalized spacial score (nSPS) is 12.9. The van der Waals surface area contributed by atoms with E-state index in [4.69, 9.17) is 27.9 Å². The van der Waals surface area contributed by atoms with E-state index in [-0.39, 0.29) is 21.9 Å². The Labute approximate surface area is 191 Å². The number of carbonyl (C=O) groups is 2. The molecule has 162 valence electrons. The molecule has 0 saturated carbocycles. The van der Waals surface area contributed by atoms with Crippen LogP contribution in [0.15, 0.2) is 12.1 Å². The minimum absolute atomic E-state index is 0.150. The van der Waals surface area contributed by atoms with E-state index in [1.54, 1.807) is 12.1 Å². The number of fused-ring (bicyclic) bond motifs is 1. The van der Waals surface area contributed by atoms with Crippen molar-refractivity contribution in [3.05, 3.63) is 43.7 Å². The van der Waals surface area contributed by atoms with Gasteiger partial charge in [0.2, 0.25) is 0 Å².